The van der Waals surface area contributed by atoms with Crippen LogP contribution >= 0.6 is 0 Å². The number of hydrogen-bond acceptors (Lipinski definition) is 5. The quantitative estimate of drug-likeness (QED) is 0.753. The number of hydrogen-bond donors (Lipinski definition) is 1. The van der Waals surface area contributed by atoms with E-state index in [0.29, 0.717) is 30.5 Å². The summed E-state index contributed by atoms with van der Waals surface area (Å²) < 4.78 is 7.46. The third-order valence-electron chi connectivity index (χ3n) is 4.67. The van der Waals surface area contributed by atoms with Gasteiger partial charge in [-0.15, -0.1) is 0 Å². The van der Waals surface area contributed by atoms with Crippen molar-refractivity contribution in [2.45, 2.75) is 19.9 Å². The number of benzene rings is 1. The van der Waals surface area contributed by atoms with Gasteiger partial charge in [0.05, 0.1) is 29.8 Å². The van der Waals surface area contributed by atoms with Crippen molar-refractivity contribution in [2.24, 2.45) is 0 Å². The maximum Gasteiger partial charge on any atom is 0.261 e. The molecule has 4 rings (SSSR count). The van der Waals surface area contributed by atoms with Gasteiger partial charge in [0.1, 0.15) is 5.82 Å². The summed E-state index contributed by atoms with van der Waals surface area (Å²) in [6, 6.07) is 11.5. The fraction of sp³-hybridized carbons (Fsp3) is 0.350. The van der Waals surface area contributed by atoms with Crippen LogP contribution in [0.25, 0.3) is 11.0 Å². The molecule has 2 aromatic heterocycles. The molecule has 7 heteroatoms. The normalized spacial score (nSPS) is 14.5. The number of imidazole rings is 1. The van der Waals surface area contributed by atoms with Gasteiger partial charge < -0.3 is 14.2 Å². The molecule has 1 aromatic carbocycles. The van der Waals surface area contributed by atoms with E-state index in [2.05, 4.69) is 31.7 Å². The topological polar surface area (TPSA) is 72.3 Å². The van der Waals surface area contributed by atoms with E-state index in [0.717, 1.165) is 37.1 Å². The first kappa shape index (κ1) is 17.5. The van der Waals surface area contributed by atoms with Gasteiger partial charge in [-0.05, 0) is 30.7 Å². The van der Waals surface area contributed by atoms with Crippen LogP contribution < -0.4 is 10.2 Å². The number of para-hydroxylation sites is 2. The van der Waals surface area contributed by atoms with Gasteiger partial charge in [0.15, 0.2) is 0 Å². The van der Waals surface area contributed by atoms with Crippen molar-refractivity contribution in [3.05, 3.63) is 48.2 Å². The van der Waals surface area contributed by atoms with Gasteiger partial charge in [0, 0.05) is 25.8 Å². The predicted molar refractivity (Wildman–Crippen MR) is 105 cm³/mol. The van der Waals surface area contributed by atoms with E-state index in [1.165, 1.54) is 0 Å². The summed E-state index contributed by atoms with van der Waals surface area (Å²) in [6.07, 6.45) is 2.67. The minimum atomic E-state index is -0.197. The maximum atomic E-state index is 13.0. The molecule has 1 N–H and O–H groups in total. The highest BCUT2D eigenvalue weighted by molar-refractivity contribution is 6.07. The number of aromatic nitrogens is 3. The summed E-state index contributed by atoms with van der Waals surface area (Å²) in [7, 11) is 0. The molecule has 1 amide bonds. The van der Waals surface area contributed by atoms with E-state index < -0.39 is 0 Å². The molecule has 0 aliphatic carbocycles. The first-order chi connectivity index (χ1) is 13.3. The lowest BCUT2D eigenvalue weighted by Gasteiger charge is -2.29. The van der Waals surface area contributed by atoms with Crippen LogP contribution in [0, 0.1) is 0 Å². The highest BCUT2D eigenvalue weighted by Gasteiger charge is 2.21. The van der Waals surface area contributed by atoms with E-state index in [-0.39, 0.29) is 5.91 Å². The fourth-order valence-electron chi connectivity index (χ4n) is 3.39. The second kappa shape index (κ2) is 7.75. The Bertz CT molecular complexity index is 946. The number of carbonyl (C=O) groups is 1. The summed E-state index contributed by atoms with van der Waals surface area (Å²) in [5.41, 5.74) is 2.45. The number of ether oxygens (including phenoxy) is 1. The number of nitrogens with one attached hydrogen (secondary N) is 1. The molecule has 1 aliphatic heterocycles. The van der Waals surface area contributed by atoms with Crippen LogP contribution in [-0.4, -0.2) is 46.7 Å². The van der Waals surface area contributed by atoms with Gasteiger partial charge in [0.2, 0.25) is 5.95 Å². The zero-order chi connectivity index (χ0) is 18.6. The largest absolute Gasteiger partial charge is 0.378 e. The number of amides is 1. The van der Waals surface area contributed by atoms with E-state index in [4.69, 9.17) is 4.74 Å². The summed E-state index contributed by atoms with van der Waals surface area (Å²) in [5.74, 6) is 1.06. The van der Waals surface area contributed by atoms with Crippen LogP contribution in [0.5, 0.6) is 0 Å². The van der Waals surface area contributed by atoms with Gasteiger partial charge in [-0.25, -0.2) is 9.97 Å². The number of anilines is 2. The number of rotatable bonds is 5. The first-order valence-electron chi connectivity index (χ1n) is 9.32. The predicted octanol–water partition coefficient (Wildman–Crippen LogP) is 2.93. The summed E-state index contributed by atoms with van der Waals surface area (Å²) in [5, 5.41) is 3.00. The minimum absolute atomic E-state index is 0.197. The Hall–Kier alpha value is -2.93. The SMILES string of the molecule is CCCn1c(NC(=O)c2cccnc2N2CCOCC2)nc2ccccc21. The van der Waals surface area contributed by atoms with Crippen LogP contribution in [0.4, 0.5) is 11.8 Å². The van der Waals surface area contributed by atoms with Crippen LogP contribution in [0.3, 0.4) is 0 Å². The van der Waals surface area contributed by atoms with Crippen molar-refractivity contribution in [1.82, 2.24) is 14.5 Å². The van der Waals surface area contributed by atoms with E-state index >= 15 is 0 Å². The van der Waals surface area contributed by atoms with Crippen LogP contribution in [0.15, 0.2) is 42.6 Å². The van der Waals surface area contributed by atoms with Crippen LogP contribution in [0.2, 0.25) is 0 Å². The molecule has 1 saturated heterocycles. The zero-order valence-corrected chi connectivity index (χ0v) is 15.4. The number of carbonyl (C=O) groups excluding carboxylic acids is 1. The molecule has 0 unspecified atom stereocenters. The number of morpholine rings is 1. The van der Waals surface area contributed by atoms with Crippen molar-refractivity contribution in [3.63, 3.8) is 0 Å². The Balaban J connectivity index is 1.65. The lowest BCUT2D eigenvalue weighted by atomic mass is 10.2. The first-order valence-corrected chi connectivity index (χ1v) is 9.32. The van der Waals surface area contributed by atoms with Crippen LogP contribution in [0.1, 0.15) is 23.7 Å². The van der Waals surface area contributed by atoms with Gasteiger partial charge in [-0.1, -0.05) is 19.1 Å². The monoisotopic (exact) mass is 365 g/mol. The van der Waals surface area contributed by atoms with E-state index in [1.807, 2.05) is 24.3 Å². The Kier molecular flexibility index (Phi) is 5.02. The number of aryl methyl sites for hydroxylation is 1. The van der Waals surface area contributed by atoms with Crippen molar-refractivity contribution < 1.29 is 9.53 Å². The average Bonchev–Trinajstić information content (AvgIpc) is 3.06. The van der Waals surface area contributed by atoms with Crippen molar-refractivity contribution >= 4 is 28.7 Å². The maximum absolute atomic E-state index is 13.0. The lowest BCUT2D eigenvalue weighted by molar-refractivity contribution is 0.102. The van der Waals surface area contributed by atoms with Crippen LogP contribution in [-0.2, 0) is 11.3 Å². The Morgan fingerprint density at radius 1 is 1.19 bits per heavy atom. The molecule has 0 saturated carbocycles. The number of nitrogens with zero attached hydrogens (tertiary/aromatic N) is 4. The van der Waals surface area contributed by atoms with Gasteiger partial charge >= 0.3 is 0 Å². The third kappa shape index (κ3) is 3.50. The number of fused-ring (bicyclic) bond motifs is 1. The molecule has 1 fully saturated rings. The second-order valence-corrected chi connectivity index (χ2v) is 6.50. The minimum Gasteiger partial charge on any atom is -0.378 e. The highest BCUT2D eigenvalue weighted by Crippen LogP contribution is 2.23. The number of pyridine rings is 1. The fourth-order valence-corrected chi connectivity index (χ4v) is 3.39. The molecule has 1 aliphatic rings. The molecule has 3 heterocycles. The zero-order valence-electron chi connectivity index (χ0n) is 15.4. The average molecular weight is 365 g/mol. The van der Waals surface area contributed by atoms with E-state index in [1.54, 1.807) is 18.3 Å². The molecule has 27 heavy (non-hydrogen) atoms. The smallest absolute Gasteiger partial charge is 0.261 e. The molecule has 7 nitrogen and oxygen atoms in total. The van der Waals surface area contributed by atoms with Gasteiger partial charge in [-0.2, -0.15) is 0 Å². The van der Waals surface area contributed by atoms with Crippen molar-refractivity contribution in [1.29, 1.82) is 0 Å². The Morgan fingerprint density at radius 3 is 2.81 bits per heavy atom. The lowest BCUT2D eigenvalue weighted by Crippen LogP contribution is -2.38. The van der Waals surface area contributed by atoms with E-state index in [9.17, 15) is 4.79 Å². The van der Waals surface area contributed by atoms with Crippen molar-refractivity contribution in [2.75, 3.05) is 36.5 Å². The molecule has 0 radical (unpaired) electrons. The second-order valence-electron chi connectivity index (χ2n) is 6.50. The molecule has 0 spiro atoms. The standard InChI is InChI=1S/C20H23N5O2/c1-2-10-25-17-8-4-3-7-16(17)22-20(25)23-19(26)15-6-5-9-21-18(15)24-11-13-27-14-12-24/h3-9H,2,10-14H2,1H3,(H,22,23,26). The molecule has 3 aromatic rings. The molecule has 0 atom stereocenters. The summed E-state index contributed by atoms with van der Waals surface area (Å²) >= 11 is 0. The Morgan fingerprint density at radius 2 is 2.00 bits per heavy atom. The van der Waals surface area contributed by atoms with Gasteiger partial charge in [-0.3, -0.25) is 10.1 Å². The molecular formula is C20H23N5O2. The third-order valence-corrected chi connectivity index (χ3v) is 4.67. The molecular weight excluding hydrogens is 342 g/mol. The van der Waals surface area contributed by atoms with Crippen molar-refractivity contribution in [3.8, 4) is 0 Å². The highest BCUT2D eigenvalue weighted by atomic mass is 16.5. The molecule has 140 valence electrons. The van der Waals surface area contributed by atoms with Gasteiger partial charge in [0.25, 0.3) is 5.91 Å². The Labute approximate surface area is 158 Å². The summed E-state index contributed by atoms with van der Waals surface area (Å²) in [4.78, 5) is 24.2. The molecule has 0 bridgehead atoms. The summed E-state index contributed by atoms with van der Waals surface area (Å²) in [6.45, 7) is 5.64.